The zero-order valence-electron chi connectivity index (χ0n) is 47.5. The first-order valence-electron chi connectivity index (χ1n) is 27.2. The molecule has 0 spiro atoms. The molecule has 10 aromatic rings. The molecule has 78 heavy (non-hydrogen) atoms. The van der Waals surface area contributed by atoms with E-state index >= 15 is 0 Å². The molecule has 0 unspecified atom stereocenters. The van der Waals surface area contributed by atoms with Crippen LogP contribution < -0.4 is 14.5 Å². The fourth-order valence-electron chi connectivity index (χ4n) is 11.1. The van der Waals surface area contributed by atoms with Crippen molar-refractivity contribution in [3.63, 3.8) is 0 Å². The minimum Gasteiger partial charge on any atom is -0.509 e. The second kappa shape index (κ2) is 20.2. The van der Waals surface area contributed by atoms with Crippen LogP contribution in [0.1, 0.15) is 129 Å². The number of nitrogens with zero attached hydrogens (tertiary/aromatic N) is 4. The molecule has 0 aliphatic carbocycles. The summed E-state index contributed by atoms with van der Waals surface area (Å²) in [5.74, 6) is 2.05. The van der Waals surface area contributed by atoms with E-state index in [1.54, 1.807) is 0 Å². The Morgan fingerprint density at radius 1 is 0.436 bits per heavy atom. The molecule has 398 valence electrons. The molecule has 1 aliphatic rings. The maximum absolute atomic E-state index is 7.08. The maximum atomic E-state index is 7.08. The predicted molar refractivity (Wildman–Crippen MR) is 323 cm³/mol. The Bertz CT molecular complexity index is 3820. The van der Waals surface area contributed by atoms with Gasteiger partial charge in [0.15, 0.2) is 0 Å². The van der Waals surface area contributed by atoms with Crippen LogP contribution in [-0.4, -0.2) is 9.55 Å². The Morgan fingerprint density at radius 3 is 1.60 bits per heavy atom. The van der Waals surface area contributed by atoms with Crippen LogP contribution in [0.4, 0.5) is 22.7 Å². The standard InChI is InChI=1S/C72H71N4O.Pt/c1-68(2,3)52-30-23-31-55(39-52)74-47-75(66-46-62(72(12,13)51-28-21-16-22-29-51)61(45-65(66)74)71(10,11)50-26-19-15-20-27-50)56-40-54(70(7,8)9)41-58(43-56)77-57-33-34-59-60-38-49(48-24-17-14-18-25-48)32-35-63(60)76(64(59)44-57)67-42-53(36-37-73-67)69(4,5)6;/h14-42,45-47H,1-13H3;/q-3;. The number of hydrogen-bond donors (Lipinski definition) is 0. The van der Waals surface area contributed by atoms with Crippen LogP contribution in [0.2, 0.25) is 0 Å². The number of rotatable bonds is 10. The molecule has 8 aromatic carbocycles. The fraction of sp³-hybridized carbons (Fsp3) is 0.250. The average molecular weight is 1200 g/mol. The van der Waals surface area contributed by atoms with Gasteiger partial charge in [0.1, 0.15) is 5.82 Å². The first-order chi connectivity index (χ1) is 36.6. The fourth-order valence-corrected chi connectivity index (χ4v) is 11.1. The van der Waals surface area contributed by atoms with Crippen LogP contribution in [0, 0.1) is 18.8 Å². The normalized spacial score (nSPS) is 13.2. The first kappa shape index (κ1) is 54.2. The first-order valence-corrected chi connectivity index (χ1v) is 27.2. The molecule has 11 rings (SSSR count). The molecule has 0 saturated carbocycles. The summed E-state index contributed by atoms with van der Waals surface area (Å²) in [6.07, 6.45) is 1.92. The van der Waals surface area contributed by atoms with Gasteiger partial charge in [-0.3, -0.25) is 0 Å². The zero-order valence-corrected chi connectivity index (χ0v) is 49.8. The summed E-state index contributed by atoms with van der Waals surface area (Å²) < 4.78 is 9.32. The summed E-state index contributed by atoms with van der Waals surface area (Å²) in [6, 6.07) is 73.7. The van der Waals surface area contributed by atoms with Gasteiger partial charge in [-0.25, -0.2) is 4.98 Å². The summed E-state index contributed by atoms with van der Waals surface area (Å²) in [5.41, 5.74) is 16.1. The smallest absolute Gasteiger partial charge is 0.135 e. The van der Waals surface area contributed by atoms with Crippen molar-refractivity contribution in [1.29, 1.82) is 0 Å². The Morgan fingerprint density at radius 2 is 1.00 bits per heavy atom. The predicted octanol–water partition coefficient (Wildman–Crippen LogP) is 19.2. The van der Waals surface area contributed by atoms with Crippen molar-refractivity contribution in [3.8, 4) is 28.4 Å². The monoisotopic (exact) mass is 1200 g/mol. The van der Waals surface area contributed by atoms with Crippen molar-refractivity contribution in [2.24, 2.45) is 0 Å². The van der Waals surface area contributed by atoms with Gasteiger partial charge in [-0.2, -0.15) is 6.07 Å². The molecular formula is C72H71N4OPt-3. The molecule has 0 amide bonds. The van der Waals surface area contributed by atoms with Gasteiger partial charge in [-0.1, -0.05) is 211 Å². The van der Waals surface area contributed by atoms with Crippen LogP contribution in [0.25, 0.3) is 38.8 Å². The van der Waals surface area contributed by atoms with Crippen molar-refractivity contribution in [1.82, 2.24) is 9.55 Å². The molecule has 0 bridgehead atoms. The second-order valence-corrected chi connectivity index (χ2v) is 25.2. The van der Waals surface area contributed by atoms with Crippen LogP contribution >= 0.6 is 0 Å². The van der Waals surface area contributed by atoms with Gasteiger partial charge in [0.25, 0.3) is 0 Å². The van der Waals surface area contributed by atoms with Gasteiger partial charge in [-0.05, 0) is 109 Å². The summed E-state index contributed by atoms with van der Waals surface area (Å²) in [5, 5.41) is 2.20. The molecule has 3 heterocycles. The molecular weight excluding hydrogens is 1130 g/mol. The third-order valence-corrected chi connectivity index (χ3v) is 16.0. The van der Waals surface area contributed by atoms with Gasteiger partial charge in [0.05, 0.1) is 0 Å². The number of pyridine rings is 1. The topological polar surface area (TPSA) is 33.5 Å². The summed E-state index contributed by atoms with van der Waals surface area (Å²) in [6.45, 7) is 32.1. The van der Waals surface area contributed by atoms with Gasteiger partial charge < -0.3 is 19.1 Å². The molecule has 6 heteroatoms. The van der Waals surface area contributed by atoms with Crippen molar-refractivity contribution >= 4 is 44.6 Å². The van der Waals surface area contributed by atoms with Crippen molar-refractivity contribution in [2.45, 2.75) is 117 Å². The van der Waals surface area contributed by atoms with E-state index < -0.39 is 0 Å². The molecule has 0 N–H and O–H groups in total. The van der Waals surface area contributed by atoms with E-state index in [-0.39, 0.29) is 48.1 Å². The van der Waals surface area contributed by atoms with Crippen LogP contribution in [-0.2, 0) is 48.1 Å². The van der Waals surface area contributed by atoms with Crippen LogP contribution in [0.15, 0.2) is 188 Å². The third kappa shape index (κ3) is 10.1. The van der Waals surface area contributed by atoms with E-state index in [0.717, 1.165) is 61.5 Å². The average Bonchev–Trinajstić information content (AvgIpc) is 4.12. The summed E-state index contributed by atoms with van der Waals surface area (Å²) in [7, 11) is 0. The second-order valence-electron chi connectivity index (χ2n) is 25.2. The van der Waals surface area contributed by atoms with Gasteiger partial charge in [0, 0.05) is 72.2 Å². The SMILES string of the molecule is CC(C)(C)c1cc(Oc2[c-]c3c(cc2)c2cc(-c4ccccc4)ccc2n3-c2cc(C(C)(C)C)ccn2)[c-]c(N2[CH-]N(c3cccc(C(C)(C)C)c3)c3cc(C(C)(C)c4ccccc4)c(C(C)(C)c4ccccc4)cc32)c1.[Pt]. The van der Waals surface area contributed by atoms with Gasteiger partial charge >= 0.3 is 0 Å². The summed E-state index contributed by atoms with van der Waals surface area (Å²) in [4.78, 5) is 9.70. The van der Waals surface area contributed by atoms with Crippen molar-refractivity contribution in [3.05, 3.63) is 246 Å². The minimum atomic E-state index is -0.363. The van der Waals surface area contributed by atoms with E-state index in [9.17, 15) is 0 Å². The largest absolute Gasteiger partial charge is 0.509 e. The molecule has 1 aliphatic heterocycles. The van der Waals surface area contributed by atoms with Gasteiger partial charge in [0.2, 0.25) is 0 Å². The van der Waals surface area contributed by atoms with E-state index in [1.165, 1.54) is 38.9 Å². The Balaban J connectivity index is 0.00000688. The molecule has 0 fully saturated rings. The van der Waals surface area contributed by atoms with Crippen molar-refractivity contribution < 1.29 is 25.8 Å². The molecule has 0 atom stereocenters. The number of benzene rings is 8. The Kier molecular flexibility index (Phi) is 14.0. The van der Waals surface area contributed by atoms with Gasteiger partial charge in [-0.15, -0.1) is 53.6 Å². The number of hydrogen-bond acceptors (Lipinski definition) is 4. The molecule has 2 aromatic heterocycles. The van der Waals surface area contributed by atoms with Crippen LogP contribution in [0.3, 0.4) is 0 Å². The Labute approximate surface area is 478 Å². The maximum Gasteiger partial charge on any atom is 0.135 e. The van der Waals surface area contributed by atoms with E-state index in [2.05, 4.69) is 299 Å². The number of fused-ring (bicyclic) bond motifs is 4. The minimum absolute atomic E-state index is 0. The molecule has 0 saturated heterocycles. The third-order valence-electron chi connectivity index (χ3n) is 16.0. The summed E-state index contributed by atoms with van der Waals surface area (Å²) >= 11 is 0. The number of aromatic nitrogens is 2. The van der Waals surface area contributed by atoms with E-state index in [1.807, 2.05) is 12.3 Å². The number of anilines is 4. The van der Waals surface area contributed by atoms with Crippen molar-refractivity contribution in [2.75, 3.05) is 9.80 Å². The molecule has 0 radical (unpaired) electrons. The quantitative estimate of drug-likeness (QED) is 0.128. The number of ether oxygens (including phenoxy) is 1. The Hall–Kier alpha value is -7.20. The molecule has 5 nitrogen and oxygen atoms in total. The van der Waals surface area contributed by atoms with Crippen LogP contribution in [0.5, 0.6) is 11.5 Å². The van der Waals surface area contributed by atoms with E-state index in [4.69, 9.17) is 9.72 Å². The van der Waals surface area contributed by atoms with E-state index in [0.29, 0.717) is 11.5 Å². The zero-order chi connectivity index (χ0) is 54.2.